The van der Waals surface area contributed by atoms with Crippen molar-refractivity contribution in [2.45, 2.75) is 38.6 Å². The Morgan fingerprint density at radius 1 is 1.53 bits per heavy atom. The monoisotopic (exact) mass is 291 g/mol. The maximum atomic E-state index is 11.1. The summed E-state index contributed by atoms with van der Waals surface area (Å²) < 4.78 is 23.1. The van der Waals surface area contributed by atoms with Gasteiger partial charge in [0.25, 0.3) is 0 Å². The standard InChI is InChI=1S/C9H15NO3S.C4H10O/c1-13-9(11)7-3-5-8(6-4-7)10-14(2)12;1-3-4-5-2/h3,8,10H,4-6H2,1-2H3;3-4H2,1-2H3. The van der Waals surface area contributed by atoms with Crippen molar-refractivity contribution in [2.24, 2.45) is 0 Å². The Balaban J connectivity index is 0.000000555. The minimum Gasteiger partial charge on any atom is -0.466 e. The molecule has 1 N–H and O–H groups in total. The lowest BCUT2D eigenvalue weighted by atomic mass is 9.96. The van der Waals surface area contributed by atoms with Crippen molar-refractivity contribution in [3.63, 3.8) is 0 Å². The highest BCUT2D eigenvalue weighted by atomic mass is 32.2. The molecule has 1 rings (SSSR count). The molecule has 6 heteroatoms. The molecule has 0 fully saturated rings. The second-order valence-corrected chi connectivity index (χ2v) is 5.40. The summed E-state index contributed by atoms with van der Waals surface area (Å²) in [6.07, 6.45) is 6.86. The number of nitrogens with one attached hydrogen (secondary N) is 1. The van der Waals surface area contributed by atoms with Crippen LogP contribution in [-0.4, -0.2) is 43.3 Å². The van der Waals surface area contributed by atoms with Gasteiger partial charge in [-0.05, 0) is 25.7 Å². The van der Waals surface area contributed by atoms with Crippen molar-refractivity contribution in [1.29, 1.82) is 0 Å². The number of hydrogen-bond donors (Lipinski definition) is 1. The van der Waals surface area contributed by atoms with Crippen LogP contribution < -0.4 is 4.72 Å². The van der Waals surface area contributed by atoms with E-state index in [1.165, 1.54) is 7.11 Å². The Bertz CT molecular complexity index is 316. The third-order valence-corrected chi connectivity index (χ3v) is 3.26. The Hall–Kier alpha value is -0.720. The fourth-order valence-corrected chi connectivity index (χ4v) is 2.38. The van der Waals surface area contributed by atoms with E-state index in [2.05, 4.69) is 16.4 Å². The highest BCUT2D eigenvalue weighted by Crippen LogP contribution is 2.19. The predicted molar refractivity (Wildman–Crippen MR) is 77.1 cm³/mol. The van der Waals surface area contributed by atoms with Crippen LogP contribution in [0.3, 0.4) is 0 Å². The first-order valence-electron chi connectivity index (χ1n) is 6.41. The Morgan fingerprint density at radius 3 is 2.53 bits per heavy atom. The lowest BCUT2D eigenvalue weighted by Crippen LogP contribution is -2.32. The highest BCUT2D eigenvalue weighted by Gasteiger charge is 2.19. The van der Waals surface area contributed by atoms with Gasteiger partial charge in [-0.1, -0.05) is 13.0 Å². The fraction of sp³-hybridized carbons (Fsp3) is 0.769. The summed E-state index contributed by atoms with van der Waals surface area (Å²) in [5, 5.41) is 0. The molecule has 0 heterocycles. The van der Waals surface area contributed by atoms with Crippen molar-refractivity contribution in [3.8, 4) is 0 Å². The summed E-state index contributed by atoms with van der Waals surface area (Å²) >= 11 is 0. The summed E-state index contributed by atoms with van der Waals surface area (Å²) in [4.78, 5) is 11.1. The Kier molecular flexibility index (Phi) is 10.7. The molecule has 0 spiro atoms. The molecular weight excluding hydrogens is 266 g/mol. The summed E-state index contributed by atoms with van der Waals surface area (Å²) in [6, 6.07) is 0.217. The van der Waals surface area contributed by atoms with Crippen LogP contribution in [0, 0.1) is 0 Å². The first-order chi connectivity index (χ1) is 9.04. The SMILES string of the molecule is CCCOC.COC(=O)C1=CCC(NS(C)=O)CC1. The van der Waals surface area contributed by atoms with Crippen LogP contribution in [0.1, 0.15) is 32.6 Å². The maximum absolute atomic E-state index is 11.1. The zero-order valence-corrected chi connectivity index (χ0v) is 13.0. The molecule has 0 aliphatic heterocycles. The van der Waals surface area contributed by atoms with E-state index in [4.69, 9.17) is 4.74 Å². The molecule has 0 aromatic heterocycles. The molecule has 112 valence electrons. The van der Waals surface area contributed by atoms with Gasteiger partial charge in [0.05, 0.1) is 18.1 Å². The molecule has 0 saturated heterocycles. The van der Waals surface area contributed by atoms with E-state index in [-0.39, 0.29) is 12.0 Å². The van der Waals surface area contributed by atoms with Crippen LogP contribution in [-0.2, 0) is 25.3 Å². The lowest BCUT2D eigenvalue weighted by molar-refractivity contribution is -0.136. The molecule has 2 atom stereocenters. The van der Waals surface area contributed by atoms with Gasteiger partial charge >= 0.3 is 5.97 Å². The van der Waals surface area contributed by atoms with E-state index < -0.39 is 11.0 Å². The molecular formula is C13H25NO4S. The van der Waals surface area contributed by atoms with Crippen LogP contribution >= 0.6 is 0 Å². The first-order valence-corrected chi connectivity index (χ1v) is 7.96. The van der Waals surface area contributed by atoms with E-state index in [0.29, 0.717) is 6.42 Å². The molecule has 0 radical (unpaired) electrons. The average Bonchev–Trinajstić information content (AvgIpc) is 2.40. The lowest BCUT2D eigenvalue weighted by Gasteiger charge is -2.20. The van der Waals surface area contributed by atoms with E-state index in [0.717, 1.165) is 31.4 Å². The van der Waals surface area contributed by atoms with Gasteiger partial charge < -0.3 is 9.47 Å². The van der Waals surface area contributed by atoms with E-state index in [1.54, 1.807) is 13.4 Å². The summed E-state index contributed by atoms with van der Waals surface area (Å²) in [5.41, 5.74) is 0.729. The number of esters is 1. The third kappa shape index (κ3) is 8.91. The molecule has 5 nitrogen and oxygen atoms in total. The molecule has 0 amide bonds. The van der Waals surface area contributed by atoms with Crippen molar-refractivity contribution in [3.05, 3.63) is 11.6 Å². The molecule has 0 aromatic rings. The molecule has 2 unspecified atom stereocenters. The smallest absolute Gasteiger partial charge is 0.333 e. The second-order valence-electron chi connectivity index (χ2n) is 4.26. The number of hydrogen-bond acceptors (Lipinski definition) is 4. The number of carbonyl (C=O) groups excluding carboxylic acids is 1. The van der Waals surface area contributed by atoms with Crippen LogP contribution in [0.15, 0.2) is 11.6 Å². The third-order valence-electron chi connectivity index (χ3n) is 2.60. The van der Waals surface area contributed by atoms with Crippen molar-refractivity contribution in [2.75, 3.05) is 27.1 Å². The van der Waals surface area contributed by atoms with Crippen LogP contribution in [0.4, 0.5) is 0 Å². The van der Waals surface area contributed by atoms with Gasteiger partial charge in [-0.25, -0.2) is 13.7 Å². The van der Waals surface area contributed by atoms with Gasteiger partial charge in [-0.3, -0.25) is 0 Å². The molecule has 0 saturated carbocycles. The molecule has 0 bridgehead atoms. The normalized spacial score (nSPS) is 19.8. The van der Waals surface area contributed by atoms with Gasteiger partial charge in [0.15, 0.2) is 0 Å². The minimum absolute atomic E-state index is 0.217. The number of ether oxygens (including phenoxy) is 2. The highest BCUT2D eigenvalue weighted by molar-refractivity contribution is 7.82. The Morgan fingerprint density at radius 2 is 2.21 bits per heavy atom. The van der Waals surface area contributed by atoms with Gasteiger partial charge in [-0.2, -0.15) is 0 Å². The van der Waals surface area contributed by atoms with Crippen LogP contribution in [0.5, 0.6) is 0 Å². The van der Waals surface area contributed by atoms with E-state index in [1.807, 2.05) is 6.08 Å². The summed E-state index contributed by atoms with van der Waals surface area (Å²) in [5.74, 6) is -0.249. The quantitative estimate of drug-likeness (QED) is 0.781. The van der Waals surface area contributed by atoms with Crippen LogP contribution in [0.25, 0.3) is 0 Å². The van der Waals surface area contributed by atoms with Gasteiger partial charge in [0, 0.05) is 31.6 Å². The zero-order valence-electron chi connectivity index (χ0n) is 12.2. The molecule has 1 aliphatic rings. The van der Waals surface area contributed by atoms with E-state index in [9.17, 15) is 9.00 Å². The Labute approximate surface area is 118 Å². The largest absolute Gasteiger partial charge is 0.466 e. The minimum atomic E-state index is -0.982. The van der Waals surface area contributed by atoms with Gasteiger partial charge in [-0.15, -0.1) is 0 Å². The fourth-order valence-electron chi connectivity index (χ4n) is 1.70. The summed E-state index contributed by atoms with van der Waals surface area (Å²) in [7, 11) is 2.11. The topological polar surface area (TPSA) is 64.6 Å². The first kappa shape index (κ1) is 18.3. The van der Waals surface area contributed by atoms with E-state index >= 15 is 0 Å². The molecule has 1 aliphatic carbocycles. The van der Waals surface area contributed by atoms with Crippen molar-refractivity contribution in [1.82, 2.24) is 4.72 Å². The average molecular weight is 291 g/mol. The second kappa shape index (κ2) is 11.1. The molecule has 19 heavy (non-hydrogen) atoms. The van der Waals surface area contributed by atoms with Crippen molar-refractivity contribution >= 4 is 17.0 Å². The van der Waals surface area contributed by atoms with Crippen molar-refractivity contribution < 1.29 is 18.5 Å². The maximum Gasteiger partial charge on any atom is 0.333 e. The number of rotatable bonds is 5. The summed E-state index contributed by atoms with van der Waals surface area (Å²) in [6.45, 7) is 2.98. The number of methoxy groups -OCH3 is 2. The number of carbonyl (C=O) groups is 1. The van der Waals surface area contributed by atoms with Gasteiger partial charge in [0.1, 0.15) is 0 Å². The zero-order chi connectivity index (χ0) is 14.7. The van der Waals surface area contributed by atoms with Crippen LogP contribution in [0.2, 0.25) is 0 Å². The predicted octanol–water partition coefficient (Wildman–Crippen LogP) is 1.56. The molecule has 0 aromatic carbocycles. The van der Waals surface area contributed by atoms with Gasteiger partial charge in [0.2, 0.25) is 0 Å².